The Hall–Kier alpha value is -2.56. The minimum Gasteiger partial charge on any atom is -0.466 e. The molecule has 0 N–H and O–H groups in total. The Balaban J connectivity index is 1.96. The van der Waals surface area contributed by atoms with E-state index in [0.29, 0.717) is 42.0 Å². The molecule has 2 unspecified atom stereocenters. The standard InChI is InChI=1S/C22H26NO4/c1-12-6-7-17-18(8-12)21(25)23(20(17)24)19-11-16(13(2)9-14(19)3)10-15(4)22(26)27-5/h9,11-12,15H,4,6-8,10H2,1-3,5H3/q+1. The second kappa shape index (κ2) is 7.22. The highest BCUT2D eigenvalue weighted by atomic mass is 16.5. The van der Waals surface area contributed by atoms with Crippen molar-refractivity contribution in [2.75, 3.05) is 12.0 Å². The summed E-state index contributed by atoms with van der Waals surface area (Å²) in [6.45, 7) is 9.82. The predicted octanol–water partition coefficient (Wildman–Crippen LogP) is 3.46. The van der Waals surface area contributed by atoms with Gasteiger partial charge in [-0.05, 0) is 61.8 Å². The van der Waals surface area contributed by atoms with Crippen LogP contribution < -0.4 is 4.90 Å². The average molecular weight is 368 g/mol. The molecule has 0 bridgehead atoms. The number of anilines is 1. The molecule has 2 atom stereocenters. The lowest BCUT2D eigenvalue weighted by molar-refractivity contribution is -0.143. The van der Waals surface area contributed by atoms with Crippen molar-refractivity contribution in [3.63, 3.8) is 0 Å². The van der Waals surface area contributed by atoms with Crippen LogP contribution in [0, 0.1) is 32.6 Å². The summed E-state index contributed by atoms with van der Waals surface area (Å²) in [5.74, 6) is -0.892. The molecule has 2 aliphatic rings. The number of methoxy groups -OCH3 is 1. The summed E-state index contributed by atoms with van der Waals surface area (Å²) in [7, 11) is 1.34. The van der Waals surface area contributed by atoms with Gasteiger partial charge < -0.3 is 4.74 Å². The summed E-state index contributed by atoms with van der Waals surface area (Å²) in [4.78, 5) is 39.0. The van der Waals surface area contributed by atoms with Gasteiger partial charge in [0.15, 0.2) is 5.92 Å². The Morgan fingerprint density at radius 3 is 2.56 bits per heavy atom. The number of nitrogens with zero attached hydrogens (tertiary/aromatic N) is 1. The molecule has 0 aromatic heterocycles. The number of hydrogen-bond acceptors (Lipinski definition) is 4. The van der Waals surface area contributed by atoms with Crippen molar-refractivity contribution >= 4 is 23.5 Å². The maximum Gasteiger partial charge on any atom is 0.354 e. The van der Waals surface area contributed by atoms with Gasteiger partial charge in [0.2, 0.25) is 0 Å². The monoisotopic (exact) mass is 368 g/mol. The molecule has 27 heavy (non-hydrogen) atoms. The van der Waals surface area contributed by atoms with Crippen molar-refractivity contribution in [1.29, 1.82) is 0 Å². The maximum absolute atomic E-state index is 13.0. The minimum atomic E-state index is -0.540. The zero-order chi connectivity index (χ0) is 19.9. The number of aryl methyl sites for hydroxylation is 2. The second-order valence-corrected chi connectivity index (χ2v) is 7.74. The van der Waals surface area contributed by atoms with Gasteiger partial charge in [-0.15, -0.1) is 0 Å². The van der Waals surface area contributed by atoms with E-state index in [1.165, 1.54) is 12.0 Å². The number of hydrogen-bond donors (Lipinski definition) is 0. The van der Waals surface area contributed by atoms with Gasteiger partial charge in [0.1, 0.15) is 0 Å². The van der Waals surface area contributed by atoms with Gasteiger partial charge in [0, 0.05) is 17.6 Å². The lowest BCUT2D eigenvalue weighted by Crippen LogP contribution is -2.32. The Kier molecular flexibility index (Phi) is 5.13. The van der Waals surface area contributed by atoms with Crippen LogP contribution in [0.15, 0.2) is 23.3 Å². The molecule has 0 fully saturated rings. The molecule has 1 aliphatic heterocycles. The molecule has 1 aliphatic carbocycles. The summed E-state index contributed by atoms with van der Waals surface area (Å²) in [5, 5.41) is 0. The highest BCUT2D eigenvalue weighted by molar-refractivity contribution is 6.33. The largest absolute Gasteiger partial charge is 0.466 e. The van der Waals surface area contributed by atoms with Gasteiger partial charge in [-0.2, -0.15) is 0 Å². The van der Waals surface area contributed by atoms with Crippen LogP contribution in [-0.2, 0) is 25.5 Å². The fraction of sp³-hybridized carbons (Fsp3) is 0.455. The Bertz CT molecular complexity index is 852. The third-order valence-electron chi connectivity index (χ3n) is 5.62. The van der Waals surface area contributed by atoms with Crippen LogP contribution >= 0.6 is 0 Å². The van der Waals surface area contributed by atoms with E-state index < -0.39 is 5.92 Å². The van der Waals surface area contributed by atoms with E-state index in [1.807, 2.05) is 26.0 Å². The normalized spacial score (nSPS) is 20.7. The highest BCUT2D eigenvalue weighted by Gasteiger charge is 2.41. The van der Waals surface area contributed by atoms with Crippen LogP contribution in [0.3, 0.4) is 0 Å². The summed E-state index contributed by atoms with van der Waals surface area (Å²) < 4.78 is 4.76. The number of ether oxygens (including phenoxy) is 1. The van der Waals surface area contributed by atoms with E-state index in [4.69, 9.17) is 4.74 Å². The molecule has 5 nitrogen and oxygen atoms in total. The van der Waals surface area contributed by atoms with Crippen molar-refractivity contribution in [3.8, 4) is 0 Å². The van der Waals surface area contributed by atoms with Gasteiger partial charge in [-0.1, -0.05) is 13.0 Å². The zero-order valence-electron chi connectivity index (χ0n) is 16.4. The first kappa shape index (κ1) is 19.2. The van der Waals surface area contributed by atoms with Crippen molar-refractivity contribution in [2.24, 2.45) is 11.8 Å². The van der Waals surface area contributed by atoms with Crippen LogP contribution in [0.2, 0.25) is 0 Å². The molecule has 0 spiro atoms. The summed E-state index contributed by atoms with van der Waals surface area (Å²) in [6, 6.07) is 3.80. The minimum absolute atomic E-state index is 0.195. The first-order chi connectivity index (χ1) is 12.7. The summed E-state index contributed by atoms with van der Waals surface area (Å²) in [5.41, 5.74) is 4.70. The number of carbonyl (C=O) groups is 3. The maximum atomic E-state index is 13.0. The molecule has 1 aromatic carbocycles. The molecular weight excluding hydrogens is 342 g/mol. The number of benzene rings is 1. The molecule has 1 aromatic rings. The Morgan fingerprint density at radius 1 is 1.22 bits per heavy atom. The molecule has 3 rings (SSSR count). The lowest BCUT2D eigenvalue weighted by Gasteiger charge is -2.20. The van der Waals surface area contributed by atoms with Gasteiger partial charge in [0.25, 0.3) is 11.8 Å². The number of amides is 2. The third-order valence-corrected chi connectivity index (χ3v) is 5.62. The lowest BCUT2D eigenvalue weighted by atomic mass is 9.86. The highest BCUT2D eigenvalue weighted by Crippen LogP contribution is 2.39. The van der Waals surface area contributed by atoms with Crippen molar-refractivity contribution in [3.05, 3.63) is 46.9 Å². The fourth-order valence-electron chi connectivity index (χ4n) is 4.01. The van der Waals surface area contributed by atoms with E-state index in [0.717, 1.165) is 23.1 Å². The van der Waals surface area contributed by atoms with Crippen LogP contribution in [-0.4, -0.2) is 24.9 Å². The fourth-order valence-corrected chi connectivity index (χ4v) is 4.01. The van der Waals surface area contributed by atoms with Gasteiger partial charge in [0.05, 0.1) is 19.7 Å². The molecule has 0 radical (unpaired) electrons. The molecular formula is C22H26NO4+. The van der Waals surface area contributed by atoms with Crippen LogP contribution in [0.25, 0.3) is 0 Å². The quantitative estimate of drug-likeness (QED) is 0.464. The smallest absolute Gasteiger partial charge is 0.354 e. The first-order valence-corrected chi connectivity index (χ1v) is 9.36. The third kappa shape index (κ3) is 3.38. The van der Waals surface area contributed by atoms with Crippen LogP contribution in [0.1, 0.15) is 42.9 Å². The Morgan fingerprint density at radius 2 is 1.89 bits per heavy atom. The average Bonchev–Trinajstić information content (AvgIpc) is 2.87. The molecule has 5 heteroatoms. The van der Waals surface area contributed by atoms with E-state index >= 15 is 0 Å². The summed E-state index contributed by atoms with van der Waals surface area (Å²) >= 11 is 0. The van der Waals surface area contributed by atoms with Gasteiger partial charge >= 0.3 is 5.97 Å². The first-order valence-electron chi connectivity index (χ1n) is 9.36. The van der Waals surface area contributed by atoms with Gasteiger partial charge in [-0.25, -0.2) is 9.69 Å². The van der Waals surface area contributed by atoms with Crippen LogP contribution in [0.4, 0.5) is 5.69 Å². The molecule has 0 saturated heterocycles. The van der Waals surface area contributed by atoms with Crippen molar-refractivity contribution in [1.82, 2.24) is 0 Å². The number of carbonyl (C=O) groups excluding carboxylic acids is 3. The zero-order valence-corrected chi connectivity index (χ0v) is 16.4. The topological polar surface area (TPSA) is 63.7 Å². The van der Waals surface area contributed by atoms with Crippen LogP contribution in [0.5, 0.6) is 0 Å². The van der Waals surface area contributed by atoms with E-state index in [9.17, 15) is 14.4 Å². The second-order valence-electron chi connectivity index (χ2n) is 7.74. The number of imide groups is 1. The Labute approximate surface area is 160 Å². The van der Waals surface area contributed by atoms with Crippen molar-refractivity contribution in [2.45, 2.75) is 46.5 Å². The summed E-state index contributed by atoms with van der Waals surface area (Å²) in [6.07, 6.45) is 2.66. The van der Waals surface area contributed by atoms with Gasteiger partial charge in [-0.3, -0.25) is 9.59 Å². The van der Waals surface area contributed by atoms with E-state index in [1.54, 1.807) is 0 Å². The SMILES string of the molecule is [CH2+]C(Cc1cc(N2C(=O)C3=C(CC(C)CC3)C2=O)c(C)cc1C)C(=O)OC. The van der Waals surface area contributed by atoms with Crippen molar-refractivity contribution < 1.29 is 19.1 Å². The molecule has 2 amide bonds. The number of rotatable bonds is 4. The molecule has 0 saturated carbocycles. The van der Waals surface area contributed by atoms with E-state index in [-0.39, 0.29) is 17.8 Å². The van der Waals surface area contributed by atoms with E-state index in [2.05, 4.69) is 13.8 Å². The molecule has 142 valence electrons. The number of esters is 1. The predicted molar refractivity (Wildman–Crippen MR) is 103 cm³/mol. The molecule has 1 heterocycles.